The highest BCUT2D eigenvalue weighted by molar-refractivity contribution is 6.32. The Hall–Kier alpha value is -3.31. The summed E-state index contributed by atoms with van der Waals surface area (Å²) >= 11 is 6.24. The summed E-state index contributed by atoms with van der Waals surface area (Å²) < 4.78 is 11.5. The van der Waals surface area contributed by atoms with Gasteiger partial charge < -0.3 is 14.5 Å². The zero-order valence-electron chi connectivity index (χ0n) is 17.9. The molecule has 0 radical (unpaired) electrons. The summed E-state index contributed by atoms with van der Waals surface area (Å²) in [5.41, 5.74) is 7.19. The molecule has 0 atom stereocenters. The molecule has 31 heavy (non-hydrogen) atoms. The molecule has 0 bridgehead atoms. The molecule has 0 fully saturated rings. The molecule has 4 aromatic rings. The first-order valence-electron chi connectivity index (χ1n) is 9.98. The number of aryl methyl sites for hydroxylation is 4. The number of ether oxygens (including phenoxy) is 1. The fraction of sp³-hybridized carbons (Fsp3) is 0.200. The Morgan fingerprint density at radius 1 is 1.00 bits per heavy atom. The lowest BCUT2D eigenvalue weighted by Gasteiger charge is -2.12. The summed E-state index contributed by atoms with van der Waals surface area (Å²) in [5, 5.41) is 3.33. The van der Waals surface area contributed by atoms with E-state index in [1.165, 1.54) is 11.1 Å². The predicted molar refractivity (Wildman–Crippen MR) is 124 cm³/mol. The van der Waals surface area contributed by atoms with Crippen molar-refractivity contribution in [3.8, 4) is 17.2 Å². The standard InChI is InChI=1S/C25H23ClN2O3/c1-14-9-17(4)24(20(26)10-14)30-13-23(29)27-19-7-8-22-21(12-19)28-25(31-22)18-6-5-15(2)16(3)11-18/h5-12H,13H2,1-4H3,(H,27,29). The Balaban J connectivity index is 1.47. The van der Waals surface area contributed by atoms with Gasteiger partial charge in [0.1, 0.15) is 11.3 Å². The molecule has 1 heterocycles. The third-order valence-electron chi connectivity index (χ3n) is 5.15. The van der Waals surface area contributed by atoms with Crippen molar-refractivity contribution in [3.05, 3.63) is 75.8 Å². The Labute approximate surface area is 186 Å². The van der Waals surface area contributed by atoms with E-state index in [-0.39, 0.29) is 12.5 Å². The molecule has 0 aliphatic heterocycles. The Kier molecular flexibility index (Phi) is 5.70. The Morgan fingerprint density at radius 2 is 1.81 bits per heavy atom. The fourth-order valence-electron chi connectivity index (χ4n) is 3.42. The number of hydrogen-bond donors (Lipinski definition) is 1. The number of aromatic nitrogens is 1. The molecule has 158 valence electrons. The second kappa shape index (κ2) is 8.44. The molecule has 1 aromatic heterocycles. The molecule has 3 aromatic carbocycles. The molecule has 0 aliphatic rings. The number of fused-ring (bicyclic) bond motifs is 1. The van der Waals surface area contributed by atoms with E-state index in [0.29, 0.717) is 33.4 Å². The second-order valence-electron chi connectivity index (χ2n) is 7.73. The van der Waals surface area contributed by atoms with Crippen molar-refractivity contribution in [2.75, 3.05) is 11.9 Å². The van der Waals surface area contributed by atoms with Crippen molar-refractivity contribution in [1.29, 1.82) is 0 Å². The van der Waals surface area contributed by atoms with Gasteiger partial charge in [0, 0.05) is 11.3 Å². The van der Waals surface area contributed by atoms with Gasteiger partial charge in [0.15, 0.2) is 12.2 Å². The molecule has 0 saturated heterocycles. The van der Waals surface area contributed by atoms with E-state index in [1.54, 1.807) is 18.2 Å². The van der Waals surface area contributed by atoms with E-state index >= 15 is 0 Å². The van der Waals surface area contributed by atoms with Crippen LogP contribution in [0, 0.1) is 27.7 Å². The topological polar surface area (TPSA) is 64.4 Å². The number of carbonyl (C=O) groups excluding carboxylic acids is 1. The summed E-state index contributed by atoms with van der Waals surface area (Å²) in [5.74, 6) is 0.787. The van der Waals surface area contributed by atoms with Gasteiger partial charge in [0.05, 0.1) is 5.02 Å². The van der Waals surface area contributed by atoms with Gasteiger partial charge in [-0.25, -0.2) is 4.98 Å². The third-order valence-corrected chi connectivity index (χ3v) is 5.43. The number of nitrogens with one attached hydrogen (secondary N) is 1. The van der Waals surface area contributed by atoms with E-state index in [9.17, 15) is 4.79 Å². The van der Waals surface area contributed by atoms with E-state index in [2.05, 4.69) is 30.2 Å². The highest BCUT2D eigenvalue weighted by Gasteiger charge is 2.12. The number of amides is 1. The SMILES string of the molecule is Cc1cc(C)c(OCC(=O)Nc2ccc3oc(-c4ccc(C)c(C)c4)nc3c2)c(Cl)c1. The van der Waals surface area contributed by atoms with Gasteiger partial charge >= 0.3 is 0 Å². The van der Waals surface area contributed by atoms with Crippen LogP contribution in [0.2, 0.25) is 5.02 Å². The number of benzene rings is 3. The first kappa shape index (κ1) is 20.9. The van der Waals surface area contributed by atoms with Crippen LogP contribution < -0.4 is 10.1 Å². The minimum atomic E-state index is -0.284. The van der Waals surface area contributed by atoms with Crippen LogP contribution in [-0.2, 0) is 4.79 Å². The van der Waals surface area contributed by atoms with Crippen LogP contribution in [0.3, 0.4) is 0 Å². The van der Waals surface area contributed by atoms with Gasteiger partial charge in [-0.2, -0.15) is 0 Å². The monoisotopic (exact) mass is 434 g/mol. The van der Waals surface area contributed by atoms with Crippen LogP contribution in [0.1, 0.15) is 22.3 Å². The van der Waals surface area contributed by atoms with Gasteiger partial charge in [-0.1, -0.05) is 23.7 Å². The molecule has 0 saturated carbocycles. The van der Waals surface area contributed by atoms with E-state index in [0.717, 1.165) is 16.7 Å². The third kappa shape index (κ3) is 4.57. The summed E-state index contributed by atoms with van der Waals surface area (Å²) in [4.78, 5) is 17.0. The van der Waals surface area contributed by atoms with Gasteiger partial charge in [0.2, 0.25) is 5.89 Å². The fourth-order valence-corrected chi connectivity index (χ4v) is 3.80. The summed E-state index contributed by atoms with van der Waals surface area (Å²) in [6.45, 7) is 7.84. The zero-order valence-corrected chi connectivity index (χ0v) is 18.6. The average Bonchev–Trinajstić information content (AvgIpc) is 3.12. The van der Waals surface area contributed by atoms with E-state index < -0.39 is 0 Å². The molecule has 6 heteroatoms. The molecule has 4 rings (SSSR count). The lowest BCUT2D eigenvalue weighted by molar-refractivity contribution is -0.118. The van der Waals surface area contributed by atoms with Gasteiger partial charge in [-0.15, -0.1) is 0 Å². The molecule has 5 nitrogen and oxygen atoms in total. The molecule has 1 amide bonds. The van der Waals surface area contributed by atoms with Gasteiger partial charge in [-0.3, -0.25) is 4.79 Å². The lowest BCUT2D eigenvalue weighted by atomic mass is 10.1. The van der Waals surface area contributed by atoms with Crippen molar-refractivity contribution in [2.24, 2.45) is 0 Å². The predicted octanol–water partition coefficient (Wildman–Crippen LogP) is 6.40. The van der Waals surface area contributed by atoms with E-state index in [4.69, 9.17) is 20.8 Å². The average molecular weight is 435 g/mol. The first-order valence-corrected chi connectivity index (χ1v) is 10.4. The molecular formula is C25H23ClN2O3. The van der Waals surface area contributed by atoms with Crippen LogP contribution in [0.15, 0.2) is 52.9 Å². The number of oxazole rings is 1. The summed E-state index contributed by atoms with van der Waals surface area (Å²) in [7, 11) is 0. The van der Waals surface area contributed by atoms with Crippen molar-refractivity contribution >= 4 is 34.3 Å². The van der Waals surface area contributed by atoms with Gasteiger partial charge in [0.25, 0.3) is 5.91 Å². The number of hydrogen-bond acceptors (Lipinski definition) is 4. The van der Waals surface area contributed by atoms with Crippen LogP contribution >= 0.6 is 11.6 Å². The number of rotatable bonds is 5. The maximum absolute atomic E-state index is 12.4. The first-order chi connectivity index (χ1) is 14.8. The Morgan fingerprint density at radius 3 is 2.55 bits per heavy atom. The highest BCUT2D eigenvalue weighted by atomic mass is 35.5. The Bertz CT molecular complexity index is 1270. The van der Waals surface area contributed by atoms with E-state index in [1.807, 2.05) is 38.1 Å². The van der Waals surface area contributed by atoms with Crippen molar-refractivity contribution in [2.45, 2.75) is 27.7 Å². The van der Waals surface area contributed by atoms with Crippen molar-refractivity contribution in [3.63, 3.8) is 0 Å². The molecule has 1 N–H and O–H groups in total. The number of halogens is 1. The van der Waals surface area contributed by atoms with Crippen molar-refractivity contribution in [1.82, 2.24) is 4.98 Å². The highest BCUT2D eigenvalue weighted by Crippen LogP contribution is 2.30. The maximum Gasteiger partial charge on any atom is 0.262 e. The largest absolute Gasteiger partial charge is 0.482 e. The zero-order chi connectivity index (χ0) is 22.1. The maximum atomic E-state index is 12.4. The second-order valence-corrected chi connectivity index (χ2v) is 8.14. The normalized spacial score (nSPS) is 11.0. The molecular weight excluding hydrogens is 412 g/mol. The van der Waals surface area contributed by atoms with Crippen LogP contribution in [0.25, 0.3) is 22.6 Å². The van der Waals surface area contributed by atoms with Crippen LogP contribution in [0.4, 0.5) is 5.69 Å². The van der Waals surface area contributed by atoms with Crippen molar-refractivity contribution < 1.29 is 13.9 Å². The molecule has 0 spiro atoms. The smallest absolute Gasteiger partial charge is 0.262 e. The molecule has 0 unspecified atom stereocenters. The minimum absolute atomic E-state index is 0.144. The van der Waals surface area contributed by atoms with Crippen LogP contribution in [-0.4, -0.2) is 17.5 Å². The van der Waals surface area contributed by atoms with Gasteiger partial charge in [-0.05, 0) is 86.3 Å². The van der Waals surface area contributed by atoms with Crippen LogP contribution in [0.5, 0.6) is 5.75 Å². The summed E-state index contributed by atoms with van der Waals surface area (Å²) in [6, 6.07) is 15.2. The minimum Gasteiger partial charge on any atom is -0.482 e. The quantitative estimate of drug-likeness (QED) is 0.394. The number of anilines is 1. The lowest BCUT2D eigenvalue weighted by Crippen LogP contribution is -2.20. The number of carbonyl (C=O) groups is 1. The number of nitrogens with zero attached hydrogens (tertiary/aromatic N) is 1. The molecule has 0 aliphatic carbocycles. The summed E-state index contributed by atoms with van der Waals surface area (Å²) in [6.07, 6.45) is 0.